The van der Waals surface area contributed by atoms with Crippen LogP contribution in [0.5, 0.6) is 11.5 Å². The van der Waals surface area contributed by atoms with Crippen LogP contribution >= 0.6 is 0 Å². The predicted octanol–water partition coefficient (Wildman–Crippen LogP) is 2.38. The van der Waals surface area contributed by atoms with Crippen LogP contribution in [0.2, 0.25) is 0 Å². The molecule has 0 saturated carbocycles. The summed E-state index contributed by atoms with van der Waals surface area (Å²) in [5.41, 5.74) is 2.31. The Morgan fingerprint density at radius 2 is 1.78 bits per heavy atom. The van der Waals surface area contributed by atoms with Crippen LogP contribution in [0.15, 0.2) is 42.5 Å². The van der Waals surface area contributed by atoms with E-state index in [1.165, 1.54) is 0 Å². The number of carbonyl (C=O) groups is 3. The first-order valence-electron chi connectivity index (χ1n) is 10.9. The summed E-state index contributed by atoms with van der Waals surface area (Å²) >= 11 is 0. The van der Waals surface area contributed by atoms with Crippen LogP contribution in [-0.4, -0.2) is 55.5 Å². The molecule has 0 radical (unpaired) electrons. The number of likely N-dealkylation sites (tertiary alicyclic amines) is 1. The van der Waals surface area contributed by atoms with Crippen LogP contribution in [0.3, 0.4) is 0 Å². The maximum Gasteiger partial charge on any atom is 0.245 e. The highest BCUT2D eigenvalue weighted by Gasteiger charge is 2.28. The number of amides is 2. The zero-order valence-electron chi connectivity index (χ0n) is 17.8. The molecule has 1 atom stereocenters. The Morgan fingerprint density at radius 1 is 1.03 bits per heavy atom. The molecule has 0 aliphatic carbocycles. The van der Waals surface area contributed by atoms with Crippen molar-refractivity contribution in [3.05, 3.63) is 53.6 Å². The number of fused-ring (bicyclic) bond motifs is 1. The molecule has 2 aromatic rings. The first-order valence-corrected chi connectivity index (χ1v) is 10.9. The molecule has 2 amide bonds. The normalized spacial score (nSPS) is 15.3. The summed E-state index contributed by atoms with van der Waals surface area (Å²) in [5, 5.41) is 6.11. The van der Waals surface area contributed by atoms with Gasteiger partial charge in [0.25, 0.3) is 0 Å². The van der Waals surface area contributed by atoms with Gasteiger partial charge >= 0.3 is 0 Å². The third-order valence-corrected chi connectivity index (χ3v) is 5.66. The molecule has 0 bridgehead atoms. The van der Waals surface area contributed by atoms with E-state index in [1.807, 2.05) is 35.2 Å². The number of benzene rings is 2. The van der Waals surface area contributed by atoms with Crippen LogP contribution in [-0.2, 0) is 16.0 Å². The second kappa shape index (κ2) is 10.2. The fourth-order valence-corrected chi connectivity index (χ4v) is 3.92. The minimum absolute atomic E-state index is 0.0564. The molecule has 2 aliphatic heterocycles. The van der Waals surface area contributed by atoms with E-state index in [4.69, 9.17) is 9.47 Å². The van der Waals surface area contributed by atoms with E-state index in [-0.39, 0.29) is 25.0 Å². The van der Waals surface area contributed by atoms with Crippen molar-refractivity contribution < 1.29 is 23.9 Å². The molecule has 32 heavy (non-hydrogen) atoms. The van der Waals surface area contributed by atoms with Gasteiger partial charge in [-0.05, 0) is 30.5 Å². The molecular formula is C24H27N3O5. The van der Waals surface area contributed by atoms with Gasteiger partial charge in [-0.3, -0.25) is 14.4 Å². The highest BCUT2D eigenvalue weighted by molar-refractivity contribution is 5.88. The largest absolute Gasteiger partial charge is 0.454 e. The number of anilines is 1. The molecule has 168 valence electrons. The average Bonchev–Trinajstić information content (AvgIpc) is 3.50. The summed E-state index contributed by atoms with van der Waals surface area (Å²) < 4.78 is 10.7. The number of nitrogens with one attached hydrogen (secondary N) is 2. The molecule has 2 N–H and O–H groups in total. The van der Waals surface area contributed by atoms with E-state index in [0.717, 1.165) is 43.5 Å². The van der Waals surface area contributed by atoms with Gasteiger partial charge in [-0.2, -0.15) is 0 Å². The maximum atomic E-state index is 13.0. The summed E-state index contributed by atoms with van der Waals surface area (Å²) in [5.74, 6) is 1.13. The van der Waals surface area contributed by atoms with Gasteiger partial charge in [0.05, 0.1) is 0 Å². The zero-order valence-corrected chi connectivity index (χ0v) is 17.8. The van der Waals surface area contributed by atoms with Gasteiger partial charge in [-0.15, -0.1) is 0 Å². The lowest BCUT2D eigenvalue weighted by Crippen LogP contribution is -2.49. The Balaban J connectivity index is 1.34. The van der Waals surface area contributed by atoms with Crippen LogP contribution in [0, 0.1) is 0 Å². The molecule has 0 spiro atoms. The van der Waals surface area contributed by atoms with Gasteiger partial charge in [0, 0.05) is 49.8 Å². The Bertz CT molecular complexity index is 970. The number of nitrogens with zero attached hydrogens (tertiary/aromatic N) is 1. The van der Waals surface area contributed by atoms with E-state index in [9.17, 15) is 14.4 Å². The first-order chi connectivity index (χ1) is 15.6. The second-order valence-corrected chi connectivity index (χ2v) is 7.96. The van der Waals surface area contributed by atoms with Gasteiger partial charge < -0.3 is 25.0 Å². The van der Waals surface area contributed by atoms with Crippen molar-refractivity contribution in [2.45, 2.75) is 31.7 Å². The van der Waals surface area contributed by atoms with Crippen molar-refractivity contribution in [3.63, 3.8) is 0 Å². The number of rotatable bonds is 9. The second-order valence-electron chi connectivity index (χ2n) is 7.96. The highest BCUT2D eigenvalue weighted by atomic mass is 16.7. The topological polar surface area (TPSA) is 97.0 Å². The van der Waals surface area contributed by atoms with Gasteiger partial charge in [-0.25, -0.2) is 0 Å². The minimum Gasteiger partial charge on any atom is -0.454 e. The Hall–Kier alpha value is -3.55. The van der Waals surface area contributed by atoms with Crippen molar-refractivity contribution in [2.24, 2.45) is 0 Å². The Kier molecular flexibility index (Phi) is 6.89. The SMILES string of the molecule is O=Cc1ccc(C[C@@H](NC(=O)CCNc2ccc3c(c2)OCO3)C(=O)N2CCCC2)cc1. The smallest absolute Gasteiger partial charge is 0.245 e. The molecule has 8 heteroatoms. The van der Waals surface area contributed by atoms with E-state index in [1.54, 1.807) is 12.1 Å². The quantitative estimate of drug-likeness (QED) is 0.585. The van der Waals surface area contributed by atoms with Crippen LogP contribution in [0.25, 0.3) is 0 Å². The molecule has 2 aromatic carbocycles. The van der Waals surface area contributed by atoms with Crippen LogP contribution in [0.1, 0.15) is 35.2 Å². The van der Waals surface area contributed by atoms with Gasteiger partial charge in [-0.1, -0.05) is 24.3 Å². The predicted molar refractivity (Wildman–Crippen MR) is 119 cm³/mol. The number of hydrogen-bond donors (Lipinski definition) is 2. The Morgan fingerprint density at radius 3 is 2.53 bits per heavy atom. The molecule has 4 rings (SSSR count). The third-order valence-electron chi connectivity index (χ3n) is 5.66. The third kappa shape index (κ3) is 5.38. The summed E-state index contributed by atoms with van der Waals surface area (Å²) in [6, 6.07) is 12.0. The van der Waals surface area contributed by atoms with E-state index in [2.05, 4.69) is 10.6 Å². The van der Waals surface area contributed by atoms with Gasteiger partial charge in [0.15, 0.2) is 11.5 Å². The average molecular weight is 437 g/mol. The van der Waals surface area contributed by atoms with Gasteiger partial charge in [0.2, 0.25) is 18.6 Å². The van der Waals surface area contributed by atoms with Crippen molar-refractivity contribution in [1.29, 1.82) is 0 Å². The molecule has 8 nitrogen and oxygen atoms in total. The summed E-state index contributed by atoms with van der Waals surface area (Å²) in [6.07, 6.45) is 3.36. The number of ether oxygens (including phenoxy) is 2. The zero-order chi connectivity index (χ0) is 22.3. The van der Waals surface area contributed by atoms with E-state index < -0.39 is 6.04 Å². The summed E-state index contributed by atoms with van der Waals surface area (Å²) in [4.78, 5) is 38.4. The Labute approximate surface area is 186 Å². The fourth-order valence-electron chi connectivity index (χ4n) is 3.92. The summed E-state index contributed by atoms with van der Waals surface area (Å²) in [7, 11) is 0. The van der Waals surface area contributed by atoms with Crippen molar-refractivity contribution >= 4 is 23.8 Å². The molecule has 0 aromatic heterocycles. The van der Waals surface area contributed by atoms with E-state index in [0.29, 0.717) is 30.0 Å². The lowest BCUT2D eigenvalue weighted by atomic mass is 10.0. The fraction of sp³-hybridized carbons (Fsp3) is 0.375. The maximum absolute atomic E-state index is 13.0. The number of carbonyl (C=O) groups excluding carboxylic acids is 3. The molecule has 2 aliphatic rings. The molecule has 2 heterocycles. The van der Waals surface area contributed by atoms with E-state index >= 15 is 0 Å². The van der Waals surface area contributed by atoms with Crippen molar-refractivity contribution in [2.75, 3.05) is 31.7 Å². The molecule has 1 saturated heterocycles. The number of hydrogen-bond acceptors (Lipinski definition) is 6. The molecular weight excluding hydrogens is 410 g/mol. The minimum atomic E-state index is -0.631. The monoisotopic (exact) mass is 437 g/mol. The van der Waals surface area contributed by atoms with Crippen LogP contribution in [0.4, 0.5) is 5.69 Å². The van der Waals surface area contributed by atoms with Crippen LogP contribution < -0.4 is 20.1 Å². The summed E-state index contributed by atoms with van der Waals surface area (Å²) in [6.45, 7) is 2.08. The lowest BCUT2D eigenvalue weighted by molar-refractivity contribution is -0.135. The standard InChI is InChI=1S/C24H27N3O5/c28-15-18-5-3-17(4-6-18)13-20(24(30)27-11-1-2-12-27)26-23(29)9-10-25-19-7-8-21-22(14-19)32-16-31-21/h3-8,14-15,20,25H,1-2,9-13,16H2,(H,26,29)/t20-/m1/s1. The lowest BCUT2D eigenvalue weighted by Gasteiger charge is -2.24. The van der Waals surface area contributed by atoms with Gasteiger partial charge in [0.1, 0.15) is 12.3 Å². The highest BCUT2D eigenvalue weighted by Crippen LogP contribution is 2.34. The molecule has 1 fully saturated rings. The molecule has 0 unspecified atom stereocenters. The van der Waals surface area contributed by atoms with Crippen molar-refractivity contribution in [1.82, 2.24) is 10.2 Å². The van der Waals surface area contributed by atoms with Crippen molar-refractivity contribution in [3.8, 4) is 11.5 Å². The first kappa shape index (κ1) is 21.7. The number of aldehydes is 1.